The van der Waals surface area contributed by atoms with Gasteiger partial charge in [0.05, 0.1) is 28.8 Å². The Morgan fingerprint density at radius 2 is 1.75 bits per heavy atom. The molecule has 2 saturated heterocycles. The number of aliphatic carboxylic acids is 1. The smallest absolute Gasteiger partial charge is 0.545 e. The van der Waals surface area contributed by atoms with Crippen molar-refractivity contribution in [2.24, 2.45) is 4.99 Å². The van der Waals surface area contributed by atoms with Crippen LogP contribution >= 0.6 is 11.8 Å². The Morgan fingerprint density at radius 3 is 2.22 bits per heavy atom. The van der Waals surface area contributed by atoms with E-state index in [1.807, 2.05) is 38.2 Å². The third-order valence-electron chi connectivity index (χ3n) is 5.06. The Hall–Kier alpha value is -2.33. The van der Waals surface area contributed by atoms with Crippen LogP contribution in [0.3, 0.4) is 0 Å². The summed E-state index contributed by atoms with van der Waals surface area (Å²) in [5.41, 5.74) is -1.35. The molecule has 0 aromatic heterocycles. The number of allylic oxidation sites excluding steroid dienone is 4. The molecule has 3 heterocycles. The summed E-state index contributed by atoms with van der Waals surface area (Å²) in [6, 6.07) is 8.06. The number of hydrogen-bond acceptors (Lipinski definition) is 6. The summed E-state index contributed by atoms with van der Waals surface area (Å²) in [5, 5.41) is 19.8. The van der Waals surface area contributed by atoms with Crippen LogP contribution in [0.5, 0.6) is 0 Å². The maximum absolute atomic E-state index is 12.0. The number of amides is 1. The number of rotatable bonds is 4. The first kappa shape index (κ1) is 25.9. The largest absolute Gasteiger partial charge is 1.00 e. The molecule has 1 aromatic carbocycles. The Bertz CT molecular complexity index is 977. The molecule has 1 aromatic rings. The topological polar surface area (TPSA) is 113 Å². The number of benzene rings is 1. The van der Waals surface area contributed by atoms with Crippen molar-refractivity contribution < 1.29 is 54.2 Å². The summed E-state index contributed by atoms with van der Waals surface area (Å²) < 4.78 is -0.705. The average molecular weight is 463 g/mol. The van der Waals surface area contributed by atoms with Gasteiger partial charge in [-0.15, -0.1) is 11.8 Å². The number of aromatic carboxylic acids is 1. The van der Waals surface area contributed by atoms with Crippen molar-refractivity contribution in [2.75, 3.05) is 0 Å². The van der Waals surface area contributed by atoms with Crippen LogP contribution in [0.25, 0.3) is 0 Å². The van der Waals surface area contributed by atoms with Gasteiger partial charge in [0.15, 0.2) is 0 Å². The van der Waals surface area contributed by atoms with Crippen LogP contribution < -0.4 is 34.7 Å². The van der Waals surface area contributed by atoms with Crippen molar-refractivity contribution in [3.05, 3.63) is 72.6 Å². The number of aliphatic imine (C=N–C) groups is 1. The Morgan fingerprint density at radius 1 is 1.16 bits per heavy atom. The van der Waals surface area contributed by atoms with Crippen molar-refractivity contribution >= 4 is 35.9 Å². The van der Waals surface area contributed by atoms with Crippen LogP contribution in [0, 0.1) is 0 Å². The molecule has 10 heteroatoms. The van der Waals surface area contributed by atoms with Gasteiger partial charge in [-0.1, -0.05) is 42.5 Å². The van der Waals surface area contributed by atoms with Gasteiger partial charge in [0.1, 0.15) is 0 Å². The number of fused-ring (bicyclic) bond motifs is 1. The maximum Gasteiger partial charge on any atom is 1.00 e. The molecule has 32 heavy (non-hydrogen) atoms. The van der Waals surface area contributed by atoms with Crippen LogP contribution in [0.15, 0.2) is 72.0 Å². The van der Waals surface area contributed by atoms with E-state index in [1.54, 1.807) is 35.5 Å². The summed E-state index contributed by atoms with van der Waals surface area (Å²) in [6.07, 6.45) is 12.8. The number of carboxylic acids is 2. The number of nitrogens with zero attached hydrogens (tertiary/aromatic N) is 3. The molecule has 0 bridgehead atoms. The Kier molecular flexibility index (Phi) is 8.53. The molecule has 8 nitrogen and oxygen atoms in total. The van der Waals surface area contributed by atoms with Crippen molar-refractivity contribution in [3.8, 4) is 0 Å². The van der Waals surface area contributed by atoms with Gasteiger partial charge in [-0.05, 0) is 31.6 Å². The predicted molar refractivity (Wildman–Crippen MR) is 116 cm³/mol. The molecule has 0 aliphatic carbocycles. The molecule has 3 aliphatic rings. The second-order valence-electron chi connectivity index (χ2n) is 7.44. The zero-order valence-corrected chi connectivity index (χ0v) is 20.9. The molecule has 1 amide bonds. The third kappa shape index (κ3) is 5.01. The molecule has 0 saturated carbocycles. The van der Waals surface area contributed by atoms with Crippen molar-refractivity contribution in [1.82, 2.24) is 9.80 Å². The maximum atomic E-state index is 12.0. The molecule has 3 aliphatic heterocycles. The summed E-state index contributed by atoms with van der Waals surface area (Å²) in [6.45, 7) is 3.65. The fourth-order valence-corrected chi connectivity index (χ4v) is 5.18. The fourth-order valence-electron chi connectivity index (χ4n) is 3.49. The van der Waals surface area contributed by atoms with E-state index in [0.717, 1.165) is 0 Å². The summed E-state index contributed by atoms with van der Waals surface area (Å²) >= 11 is 1.49. The minimum Gasteiger partial charge on any atom is -0.545 e. The molecule has 0 radical (unpaired) electrons. The monoisotopic (exact) mass is 463 g/mol. The number of carboxylic acid groups (broad SMARTS) is 2. The van der Waals surface area contributed by atoms with E-state index in [9.17, 15) is 24.6 Å². The van der Waals surface area contributed by atoms with E-state index >= 15 is 0 Å². The number of β-lactam (4-membered cyclic amide) rings is 1. The summed E-state index contributed by atoms with van der Waals surface area (Å²) in [5.74, 6) is -2.39. The van der Waals surface area contributed by atoms with E-state index in [2.05, 4.69) is 4.99 Å². The average Bonchev–Trinajstić information content (AvgIpc) is 2.90. The quantitative estimate of drug-likeness (QED) is 0.259. The van der Waals surface area contributed by atoms with Gasteiger partial charge in [-0.25, -0.2) is 9.79 Å². The van der Waals surface area contributed by atoms with E-state index in [-0.39, 0.29) is 46.4 Å². The summed E-state index contributed by atoms with van der Waals surface area (Å²) in [7, 11) is 0. The molecule has 2 fully saturated rings. The standard InChI is InChI=1S/C15H17N3O3S.C7H6O2.Na/c1-14(2)15(13(20)21,18-11(19)9-12(18)22-14)16-10-17-7-5-3-4-6-8-17;8-7(9)6-4-2-1-3-5-6;/h3-8,10,12H,9H2,1-2H3,(H,20,21);1-5H,(H,8,9);/q;;+1/p-1/t12-,15+;;/m1../s1. The van der Waals surface area contributed by atoms with E-state index in [1.165, 1.54) is 35.1 Å². The van der Waals surface area contributed by atoms with E-state index < -0.39 is 22.3 Å². The Labute approximate surface area is 212 Å². The molecule has 4 rings (SSSR count). The molecular formula is C22H22N3NaO5S. The molecule has 162 valence electrons. The third-order valence-corrected chi connectivity index (χ3v) is 6.58. The van der Waals surface area contributed by atoms with Gasteiger partial charge in [0, 0.05) is 12.4 Å². The van der Waals surface area contributed by atoms with Gasteiger partial charge in [0.25, 0.3) is 0 Å². The SMILES string of the molecule is CC1(C)S[C@@H]2CC(=O)N2[C@@]1(N=CN1C=CC=CC=C1)C(=O)O.O=C([O-])c1ccccc1.[Na+]. The minimum absolute atomic E-state index is 0. The van der Waals surface area contributed by atoms with Crippen LogP contribution in [-0.4, -0.2) is 54.9 Å². The van der Waals surface area contributed by atoms with Gasteiger partial charge < -0.3 is 19.9 Å². The number of hydrogen-bond donors (Lipinski definition) is 1. The first-order chi connectivity index (χ1) is 14.7. The van der Waals surface area contributed by atoms with E-state index in [4.69, 9.17) is 0 Å². The summed E-state index contributed by atoms with van der Waals surface area (Å²) in [4.78, 5) is 41.5. The van der Waals surface area contributed by atoms with Crippen LogP contribution in [0.4, 0.5) is 0 Å². The van der Waals surface area contributed by atoms with Crippen molar-refractivity contribution in [3.63, 3.8) is 0 Å². The number of carbonyl (C=O) groups is 3. The molecule has 1 N–H and O–H groups in total. The van der Waals surface area contributed by atoms with Gasteiger partial charge in [-0.2, -0.15) is 0 Å². The van der Waals surface area contributed by atoms with Crippen molar-refractivity contribution in [1.29, 1.82) is 0 Å². The molecule has 2 atom stereocenters. The molecule has 0 spiro atoms. The normalized spacial score (nSPS) is 24.7. The zero-order valence-electron chi connectivity index (χ0n) is 18.0. The molecule has 0 unspecified atom stereocenters. The predicted octanol–water partition coefficient (Wildman–Crippen LogP) is -1.17. The van der Waals surface area contributed by atoms with Crippen LogP contribution in [-0.2, 0) is 9.59 Å². The first-order valence-corrected chi connectivity index (χ1v) is 10.4. The second-order valence-corrected chi connectivity index (χ2v) is 9.24. The minimum atomic E-state index is -1.57. The number of carbonyl (C=O) groups excluding carboxylic acids is 2. The van der Waals surface area contributed by atoms with Gasteiger partial charge in [-0.3, -0.25) is 9.69 Å². The zero-order chi connectivity index (χ0) is 22.6. The van der Waals surface area contributed by atoms with Crippen LogP contribution in [0.2, 0.25) is 0 Å². The van der Waals surface area contributed by atoms with E-state index in [0.29, 0.717) is 6.42 Å². The Balaban J connectivity index is 0.000000307. The second kappa shape index (κ2) is 10.5. The number of thioether (sulfide) groups is 1. The first-order valence-electron chi connectivity index (χ1n) is 9.53. The van der Waals surface area contributed by atoms with Gasteiger partial charge >= 0.3 is 35.5 Å². The van der Waals surface area contributed by atoms with Gasteiger partial charge in [0.2, 0.25) is 11.6 Å². The van der Waals surface area contributed by atoms with Crippen molar-refractivity contribution in [2.45, 2.75) is 36.1 Å². The van der Waals surface area contributed by atoms with Crippen LogP contribution in [0.1, 0.15) is 30.6 Å². The molecular weight excluding hydrogens is 441 g/mol. The fraction of sp³-hybridized carbons (Fsp3) is 0.273.